The molecule has 0 aliphatic heterocycles. The fourth-order valence-electron chi connectivity index (χ4n) is 1.74. The van der Waals surface area contributed by atoms with Crippen molar-refractivity contribution in [1.82, 2.24) is 5.32 Å². The monoisotopic (exact) mass is 341 g/mol. The van der Waals surface area contributed by atoms with E-state index in [0.717, 1.165) is 19.1 Å². The summed E-state index contributed by atoms with van der Waals surface area (Å²) >= 11 is 3.33. The average Bonchev–Trinajstić information content (AvgIpc) is 2.46. The largest absolute Gasteiger partial charge is 0.480 e. The summed E-state index contributed by atoms with van der Waals surface area (Å²) in [5, 5.41) is 2.94. The Morgan fingerprint density at radius 2 is 2.05 bits per heavy atom. The van der Waals surface area contributed by atoms with E-state index >= 15 is 0 Å². The van der Waals surface area contributed by atoms with Gasteiger partial charge in [-0.3, -0.25) is 9.59 Å². The van der Waals surface area contributed by atoms with E-state index in [1.807, 2.05) is 13.8 Å². The molecule has 0 spiro atoms. The van der Waals surface area contributed by atoms with Crippen molar-refractivity contribution >= 4 is 28.1 Å². The van der Waals surface area contributed by atoms with Crippen LogP contribution in [0.2, 0.25) is 0 Å². The summed E-state index contributed by atoms with van der Waals surface area (Å²) in [5.41, 5.74) is 0.554. The molecule has 0 bridgehead atoms. The van der Waals surface area contributed by atoms with Gasteiger partial charge in [0, 0.05) is 11.6 Å². The fourth-order valence-corrected chi connectivity index (χ4v) is 2.23. The molecule has 0 radical (unpaired) electrons. The molecule has 1 aromatic carbocycles. The summed E-state index contributed by atoms with van der Waals surface area (Å²) in [6.45, 7) is 5.78. The van der Waals surface area contributed by atoms with Crippen molar-refractivity contribution in [2.45, 2.75) is 45.8 Å². The highest BCUT2D eigenvalue weighted by molar-refractivity contribution is 9.10. The number of hydrogen-bond acceptors (Lipinski definition) is 3. The van der Waals surface area contributed by atoms with Gasteiger partial charge in [-0.15, -0.1) is 0 Å². The van der Waals surface area contributed by atoms with E-state index in [2.05, 4.69) is 21.2 Å². The standard InChI is InChI=1S/C15H20BrNO3/c1-4-12(5-2)17-15(19)10(3)20-14-7-6-11(9-18)8-13(14)16/h6-10,12H,4-5H2,1-3H3,(H,17,19). The maximum Gasteiger partial charge on any atom is 0.260 e. The number of halogens is 1. The van der Waals surface area contributed by atoms with Crippen molar-refractivity contribution in [2.75, 3.05) is 0 Å². The molecule has 0 aromatic heterocycles. The zero-order valence-electron chi connectivity index (χ0n) is 12.0. The first kappa shape index (κ1) is 16.7. The van der Waals surface area contributed by atoms with Crippen molar-refractivity contribution in [2.24, 2.45) is 0 Å². The van der Waals surface area contributed by atoms with E-state index in [9.17, 15) is 9.59 Å². The third kappa shape index (κ3) is 4.63. The minimum atomic E-state index is -0.589. The Morgan fingerprint density at radius 1 is 1.40 bits per heavy atom. The molecule has 110 valence electrons. The lowest BCUT2D eigenvalue weighted by Gasteiger charge is -2.20. The van der Waals surface area contributed by atoms with Crippen LogP contribution in [-0.2, 0) is 4.79 Å². The van der Waals surface area contributed by atoms with Crippen LogP contribution in [0.15, 0.2) is 22.7 Å². The minimum absolute atomic E-state index is 0.134. The maximum absolute atomic E-state index is 12.0. The second-order valence-electron chi connectivity index (χ2n) is 4.59. The third-order valence-corrected chi connectivity index (χ3v) is 3.72. The maximum atomic E-state index is 12.0. The van der Waals surface area contributed by atoms with Crippen LogP contribution in [-0.4, -0.2) is 24.3 Å². The van der Waals surface area contributed by atoms with Gasteiger partial charge in [0.25, 0.3) is 5.91 Å². The lowest BCUT2D eigenvalue weighted by Crippen LogP contribution is -2.42. The smallest absolute Gasteiger partial charge is 0.260 e. The lowest BCUT2D eigenvalue weighted by molar-refractivity contribution is -0.128. The van der Waals surface area contributed by atoms with Gasteiger partial charge in [0.1, 0.15) is 12.0 Å². The molecule has 1 amide bonds. The second-order valence-corrected chi connectivity index (χ2v) is 5.44. The van der Waals surface area contributed by atoms with Gasteiger partial charge >= 0.3 is 0 Å². The van der Waals surface area contributed by atoms with Crippen LogP contribution in [0.4, 0.5) is 0 Å². The Labute approximate surface area is 128 Å². The predicted octanol–water partition coefficient (Wildman–Crippen LogP) is 3.33. The lowest BCUT2D eigenvalue weighted by atomic mass is 10.1. The van der Waals surface area contributed by atoms with Crippen LogP contribution in [0.5, 0.6) is 5.75 Å². The zero-order valence-corrected chi connectivity index (χ0v) is 13.6. The molecule has 1 atom stereocenters. The number of carbonyl (C=O) groups excluding carboxylic acids is 2. The Kier molecular flexibility index (Phi) is 6.71. The van der Waals surface area contributed by atoms with Crippen molar-refractivity contribution in [3.8, 4) is 5.75 Å². The molecule has 0 aliphatic carbocycles. The van der Waals surface area contributed by atoms with Gasteiger partial charge in [-0.25, -0.2) is 0 Å². The number of benzene rings is 1. The summed E-state index contributed by atoms with van der Waals surface area (Å²) in [4.78, 5) is 22.7. The highest BCUT2D eigenvalue weighted by Gasteiger charge is 2.18. The molecule has 1 aromatic rings. The van der Waals surface area contributed by atoms with Gasteiger partial charge < -0.3 is 10.1 Å². The zero-order chi connectivity index (χ0) is 15.1. The molecule has 0 saturated carbocycles. The van der Waals surface area contributed by atoms with Crippen molar-refractivity contribution < 1.29 is 14.3 Å². The summed E-state index contributed by atoms with van der Waals surface area (Å²) in [6, 6.07) is 5.16. The van der Waals surface area contributed by atoms with Crippen LogP contribution in [0.3, 0.4) is 0 Å². The summed E-state index contributed by atoms with van der Waals surface area (Å²) < 4.78 is 6.28. The number of hydrogen-bond donors (Lipinski definition) is 1. The number of nitrogens with one attached hydrogen (secondary N) is 1. The summed E-state index contributed by atoms with van der Waals surface area (Å²) in [6.07, 6.45) is 1.96. The van der Waals surface area contributed by atoms with Crippen LogP contribution in [0, 0.1) is 0 Å². The summed E-state index contributed by atoms with van der Waals surface area (Å²) in [7, 11) is 0. The van der Waals surface area contributed by atoms with Gasteiger partial charge in [-0.1, -0.05) is 13.8 Å². The molecule has 1 N–H and O–H groups in total. The van der Waals surface area contributed by atoms with Gasteiger partial charge in [0.15, 0.2) is 6.10 Å². The normalized spacial score (nSPS) is 12.1. The van der Waals surface area contributed by atoms with Gasteiger partial charge in [0.05, 0.1) is 4.47 Å². The fraction of sp³-hybridized carbons (Fsp3) is 0.467. The Bertz CT molecular complexity index is 472. The van der Waals surface area contributed by atoms with E-state index < -0.39 is 6.10 Å². The summed E-state index contributed by atoms with van der Waals surface area (Å²) in [5.74, 6) is 0.410. The second kappa shape index (κ2) is 8.04. The first-order valence-corrected chi connectivity index (χ1v) is 7.52. The Balaban J connectivity index is 2.68. The van der Waals surface area contributed by atoms with Crippen LogP contribution >= 0.6 is 15.9 Å². The average molecular weight is 342 g/mol. The molecule has 0 fully saturated rings. The quantitative estimate of drug-likeness (QED) is 0.774. The van der Waals surface area contributed by atoms with E-state index in [1.165, 1.54) is 0 Å². The van der Waals surface area contributed by atoms with Gasteiger partial charge in [-0.05, 0) is 53.9 Å². The van der Waals surface area contributed by atoms with Crippen LogP contribution in [0.1, 0.15) is 44.0 Å². The Hall–Kier alpha value is -1.36. The van der Waals surface area contributed by atoms with Crippen LogP contribution in [0.25, 0.3) is 0 Å². The van der Waals surface area contributed by atoms with Crippen molar-refractivity contribution in [3.63, 3.8) is 0 Å². The molecular weight excluding hydrogens is 322 g/mol. The molecule has 0 heterocycles. The SMILES string of the molecule is CCC(CC)NC(=O)C(C)Oc1ccc(C=O)cc1Br. The Morgan fingerprint density at radius 3 is 2.55 bits per heavy atom. The molecule has 4 nitrogen and oxygen atoms in total. The first-order valence-electron chi connectivity index (χ1n) is 6.73. The van der Waals surface area contributed by atoms with E-state index in [1.54, 1.807) is 25.1 Å². The van der Waals surface area contributed by atoms with Crippen molar-refractivity contribution in [3.05, 3.63) is 28.2 Å². The van der Waals surface area contributed by atoms with E-state index in [0.29, 0.717) is 15.8 Å². The van der Waals surface area contributed by atoms with Gasteiger partial charge in [-0.2, -0.15) is 0 Å². The number of rotatable bonds is 7. The van der Waals surface area contributed by atoms with E-state index in [-0.39, 0.29) is 11.9 Å². The molecular formula is C15H20BrNO3. The highest BCUT2D eigenvalue weighted by Crippen LogP contribution is 2.26. The molecule has 0 aliphatic rings. The van der Waals surface area contributed by atoms with Crippen LogP contribution < -0.4 is 10.1 Å². The molecule has 5 heteroatoms. The predicted molar refractivity (Wildman–Crippen MR) is 82.1 cm³/mol. The molecule has 1 unspecified atom stereocenters. The minimum Gasteiger partial charge on any atom is -0.480 e. The number of aldehydes is 1. The topological polar surface area (TPSA) is 55.4 Å². The third-order valence-electron chi connectivity index (χ3n) is 3.10. The molecule has 20 heavy (non-hydrogen) atoms. The first-order chi connectivity index (χ1) is 9.51. The van der Waals surface area contributed by atoms with E-state index in [4.69, 9.17) is 4.74 Å². The highest BCUT2D eigenvalue weighted by atomic mass is 79.9. The molecule has 1 rings (SSSR count). The number of carbonyl (C=O) groups is 2. The molecule has 0 saturated heterocycles. The van der Waals surface area contributed by atoms with Crippen molar-refractivity contribution in [1.29, 1.82) is 0 Å². The number of ether oxygens (including phenoxy) is 1. The van der Waals surface area contributed by atoms with Gasteiger partial charge in [0.2, 0.25) is 0 Å². The number of amides is 1.